The zero-order chi connectivity index (χ0) is 10.8. The highest BCUT2D eigenvalue weighted by molar-refractivity contribution is 7.16. The molecule has 0 radical (unpaired) electrons. The highest BCUT2D eigenvalue weighted by atomic mass is 32.1. The molecule has 0 saturated carbocycles. The first-order chi connectivity index (χ1) is 7.18. The second-order valence-electron chi connectivity index (χ2n) is 2.83. The van der Waals surface area contributed by atoms with Crippen LogP contribution < -0.4 is 0 Å². The molecule has 15 heavy (non-hydrogen) atoms. The van der Waals surface area contributed by atoms with Gasteiger partial charge >= 0.3 is 5.97 Å². The zero-order valence-electron chi connectivity index (χ0n) is 7.84. The van der Waals surface area contributed by atoms with Gasteiger partial charge in [0, 0.05) is 6.20 Å². The van der Waals surface area contributed by atoms with E-state index < -0.39 is 5.97 Å². The summed E-state index contributed by atoms with van der Waals surface area (Å²) in [7, 11) is 0. The average Bonchev–Trinajstić information content (AvgIpc) is 2.62. The molecule has 0 amide bonds. The highest BCUT2D eigenvalue weighted by Gasteiger charge is 2.15. The fourth-order valence-corrected chi connectivity index (χ4v) is 2.00. The molecule has 0 bridgehead atoms. The maximum Gasteiger partial charge on any atom is 0.347 e. The van der Waals surface area contributed by atoms with Crippen LogP contribution in [0.15, 0.2) is 18.6 Å². The molecule has 0 atom stereocenters. The van der Waals surface area contributed by atoms with Gasteiger partial charge in [-0.25, -0.2) is 19.7 Å². The summed E-state index contributed by atoms with van der Waals surface area (Å²) < 4.78 is 0. The predicted octanol–water partition coefficient (Wildman–Crippen LogP) is 1.61. The smallest absolute Gasteiger partial charge is 0.347 e. The number of hydrogen-bond acceptors (Lipinski definition) is 5. The number of aromatic carboxylic acids is 1. The molecule has 6 heteroatoms. The van der Waals surface area contributed by atoms with Gasteiger partial charge in [-0.3, -0.25) is 0 Å². The molecule has 2 heterocycles. The number of carboxylic acids is 1. The summed E-state index contributed by atoms with van der Waals surface area (Å²) in [4.78, 5) is 23.0. The van der Waals surface area contributed by atoms with Gasteiger partial charge in [-0.2, -0.15) is 0 Å². The summed E-state index contributed by atoms with van der Waals surface area (Å²) >= 11 is 1.12. The van der Waals surface area contributed by atoms with Crippen molar-refractivity contribution in [3.8, 4) is 10.7 Å². The molecule has 0 unspecified atom stereocenters. The third-order valence-electron chi connectivity index (χ3n) is 1.79. The summed E-state index contributed by atoms with van der Waals surface area (Å²) in [6.45, 7) is 1.67. The largest absolute Gasteiger partial charge is 0.477 e. The molecular formula is C9H7N3O2S. The molecule has 0 aliphatic carbocycles. The van der Waals surface area contributed by atoms with Gasteiger partial charge in [0.05, 0.1) is 5.69 Å². The van der Waals surface area contributed by atoms with Gasteiger partial charge in [0.25, 0.3) is 0 Å². The number of hydrogen-bond donors (Lipinski definition) is 1. The number of rotatable bonds is 2. The number of nitrogens with zero attached hydrogens (tertiary/aromatic N) is 3. The highest BCUT2D eigenvalue weighted by Crippen LogP contribution is 2.25. The summed E-state index contributed by atoms with van der Waals surface area (Å²) in [6, 6.07) is 1.70. The summed E-state index contributed by atoms with van der Waals surface area (Å²) in [6.07, 6.45) is 3.01. The van der Waals surface area contributed by atoms with Crippen molar-refractivity contribution in [1.82, 2.24) is 15.0 Å². The van der Waals surface area contributed by atoms with Gasteiger partial charge in [-0.05, 0) is 13.0 Å². The fraction of sp³-hybridized carbons (Fsp3) is 0.111. The molecule has 0 fully saturated rings. The summed E-state index contributed by atoms with van der Waals surface area (Å²) in [5, 5.41) is 9.47. The number of carboxylic acid groups (broad SMARTS) is 1. The van der Waals surface area contributed by atoms with Gasteiger partial charge in [-0.15, -0.1) is 11.3 Å². The van der Waals surface area contributed by atoms with E-state index >= 15 is 0 Å². The van der Waals surface area contributed by atoms with Gasteiger partial charge in [-0.1, -0.05) is 0 Å². The zero-order valence-corrected chi connectivity index (χ0v) is 8.65. The topological polar surface area (TPSA) is 76.0 Å². The molecule has 2 aromatic heterocycles. The van der Waals surface area contributed by atoms with Crippen LogP contribution in [0.3, 0.4) is 0 Å². The fourth-order valence-electron chi connectivity index (χ4n) is 1.12. The Kier molecular flexibility index (Phi) is 2.42. The molecule has 76 valence electrons. The van der Waals surface area contributed by atoms with Gasteiger partial charge < -0.3 is 5.11 Å². The van der Waals surface area contributed by atoms with E-state index in [-0.39, 0.29) is 4.88 Å². The van der Waals surface area contributed by atoms with Crippen LogP contribution in [0.25, 0.3) is 10.7 Å². The normalized spacial score (nSPS) is 10.2. The molecule has 0 aliphatic heterocycles. The van der Waals surface area contributed by atoms with Gasteiger partial charge in [0.2, 0.25) is 0 Å². The number of aryl methyl sites for hydroxylation is 1. The van der Waals surface area contributed by atoms with E-state index in [0.717, 1.165) is 11.3 Å². The molecule has 0 spiro atoms. The van der Waals surface area contributed by atoms with Gasteiger partial charge in [0.1, 0.15) is 21.9 Å². The van der Waals surface area contributed by atoms with E-state index in [1.54, 1.807) is 19.2 Å². The van der Waals surface area contributed by atoms with E-state index in [0.29, 0.717) is 16.4 Å². The van der Waals surface area contributed by atoms with Gasteiger partial charge in [0.15, 0.2) is 0 Å². The Hall–Kier alpha value is -1.82. The minimum atomic E-state index is -0.953. The van der Waals surface area contributed by atoms with Crippen molar-refractivity contribution in [1.29, 1.82) is 0 Å². The van der Waals surface area contributed by atoms with Crippen molar-refractivity contribution >= 4 is 17.3 Å². The molecule has 0 saturated heterocycles. The molecule has 0 aromatic carbocycles. The van der Waals surface area contributed by atoms with E-state index in [9.17, 15) is 4.79 Å². The van der Waals surface area contributed by atoms with Crippen molar-refractivity contribution in [2.24, 2.45) is 0 Å². The first-order valence-corrected chi connectivity index (χ1v) is 4.97. The lowest BCUT2D eigenvalue weighted by Crippen LogP contribution is -1.94. The summed E-state index contributed by atoms with van der Waals surface area (Å²) in [5.74, 6) is -0.953. The molecule has 2 rings (SSSR count). The maximum atomic E-state index is 10.8. The van der Waals surface area contributed by atoms with Crippen LogP contribution in [0.2, 0.25) is 0 Å². The molecule has 2 aromatic rings. The third kappa shape index (κ3) is 1.84. The van der Waals surface area contributed by atoms with Crippen molar-refractivity contribution < 1.29 is 9.90 Å². The number of thiazole rings is 1. The minimum absolute atomic E-state index is 0.253. The van der Waals surface area contributed by atoms with E-state index in [2.05, 4.69) is 15.0 Å². The lowest BCUT2D eigenvalue weighted by molar-refractivity contribution is 0.0701. The van der Waals surface area contributed by atoms with Crippen LogP contribution in [0.5, 0.6) is 0 Å². The lowest BCUT2D eigenvalue weighted by Gasteiger charge is -1.90. The maximum absolute atomic E-state index is 10.8. The monoisotopic (exact) mass is 221 g/mol. The van der Waals surface area contributed by atoms with E-state index in [1.807, 2.05) is 0 Å². The van der Waals surface area contributed by atoms with Crippen LogP contribution in [-0.4, -0.2) is 26.0 Å². The first kappa shape index (κ1) is 9.72. The molecule has 0 aliphatic rings. The van der Waals surface area contributed by atoms with Crippen molar-refractivity contribution in [3.05, 3.63) is 29.2 Å². The Bertz CT molecular complexity index is 495. The lowest BCUT2D eigenvalue weighted by atomic mass is 10.4. The third-order valence-corrected chi connectivity index (χ3v) is 2.96. The van der Waals surface area contributed by atoms with Crippen molar-refractivity contribution in [3.63, 3.8) is 0 Å². The Morgan fingerprint density at radius 3 is 2.87 bits per heavy atom. The molecule has 1 N–H and O–H groups in total. The second kappa shape index (κ2) is 3.74. The summed E-state index contributed by atoms with van der Waals surface area (Å²) in [5.41, 5.74) is 1.16. The first-order valence-electron chi connectivity index (χ1n) is 4.15. The van der Waals surface area contributed by atoms with Crippen molar-refractivity contribution in [2.45, 2.75) is 6.92 Å². The SMILES string of the molecule is Cc1nc(-c2ccncn2)sc1C(=O)O. The minimum Gasteiger partial charge on any atom is -0.477 e. The van der Waals surface area contributed by atoms with Crippen molar-refractivity contribution in [2.75, 3.05) is 0 Å². The Morgan fingerprint density at radius 2 is 2.33 bits per heavy atom. The standard InChI is InChI=1S/C9H7N3O2S/c1-5-7(9(13)14)15-8(12-5)6-2-3-10-4-11-6/h2-4H,1H3,(H,13,14). The Morgan fingerprint density at radius 1 is 1.53 bits per heavy atom. The van der Waals surface area contributed by atoms with Crippen LogP contribution in [0, 0.1) is 6.92 Å². The number of aromatic nitrogens is 3. The van der Waals surface area contributed by atoms with Crippen LogP contribution >= 0.6 is 11.3 Å². The quantitative estimate of drug-likeness (QED) is 0.833. The predicted molar refractivity (Wildman–Crippen MR) is 54.8 cm³/mol. The Labute approximate surface area is 89.5 Å². The van der Waals surface area contributed by atoms with Crippen LogP contribution in [0.1, 0.15) is 15.4 Å². The Balaban J connectivity index is 2.48. The second-order valence-corrected chi connectivity index (χ2v) is 3.83. The molecule has 5 nitrogen and oxygen atoms in total. The van der Waals surface area contributed by atoms with Crippen LogP contribution in [0.4, 0.5) is 0 Å². The van der Waals surface area contributed by atoms with Crippen LogP contribution in [-0.2, 0) is 0 Å². The van der Waals surface area contributed by atoms with E-state index in [4.69, 9.17) is 5.11 Å². The average molecular weight is 221 g/mol. The molecular weight excluding hydrogens is 214 g/mol. The van der Waals surface area contributed by atoms with E-state index in [1.165, 1.54) is 6.33 Å². The number of carbonyl (C=O) groups is 1.